The lowest BCUT2D eigenvalue weighted by Crippen LogP contribution is -2.39. The minimum atomic E-state index is -1.59. The minimum absolute atomic E-state index is 0.296. The summed E-state index contributed by atoms with van der Waals surface area (Å²) < 4.78 is 4.89. The lowest BCUT2D eigenvalue weighted by molar-refractivity contribution is -0.276. The van der Waals surface area contributed by atoms with Crippen LogP contribution in [0.25, 0.3) is 0 Å². The molecule has 0 N–H and O–H groups in total. The smallest absolute Gasteiger partial charge is 0.373 e. The van der Waals surface area contributed by atoms with Crippen molar-refractivity contribution in [1.82, 2.24) is 0 Å². The Kier molecular flexibility index (Phi) is 6.13. The van der Waals surface area contributed by atoms with Gasteiger partial charge in [0.05, 0.1) is 12.2 Å². The summed E-state index contributed by atoms with van der Waals surface area (Å²) in [6.07, 6.45) is -0.296. The first-order chi connectivity index (χ1) is 9.40. The zero-order valence-corrected chi connectivity index (χ0v) is 13.5. The van der Waals surface area contributed by atoms with Crippen molar-refractivity contribution in [3.63, 3.8) is 0 Å². The Hall–Kier alpha value is -1.43. The van der Waals surface area contributed by atoms with E-state index >= 15 is 0 Å². The van der Waals surface area contributed by atoms with Crippen LogP contribution in [0.15, 0.2) is 36.5 Å². The minimum Gasteiger partial charge on any atom is -0.382 e. The number of hydrogen-bond acceptors (Lipinski definition) is 4. The third-order valence-corrected chi connectivity index (χ3v) is 5.91. The van der Waals surface area contributed by atoms with Crippen LogP contribution < -0.4 is 5.19 Å². The van der Waals surface area contributed by atoms with Crippen molar-refractivity contribution < 1.29 is 19.3 Å². The molecule has 1 rings (SSSR count). The van der Waals surface area contributed by atoms with Crippen molar-refractivity contribution in [3.8, 4) is 0 Å². The van der Waals surface area contributed by atoms with Crippen molar-refractivity contribution in [1.29, 1.82) is 0 Å². The molecular weight excluding hydrogens is 272 g/mol. The maximum absolute atomic E-state index is 11.8. The first-order valence-corrected chi connectivity index (χ1v) is 9.59. The topological polar surface area (TPSA) is 44.8 Å². The highest BCUT2D eigenvalue weighted by molar-refractivity contribution is 6.93. The van der Waals surface area contributed by atoms with Crippen LogP contribution in [0, 0.1) is 0 Å². The van der Waals surface area contributed by atoms with Crippen LogP contribution in [0.3, 0.4) is 0 Å². The van der Waals surface area contributed by atoms with Crippen molar-refractivity contribution >= 4 is 19.2 Å². The molecule has 0 aromatic heterocycles. The maximum atomic E-state index is 11.8. The average Bonchev–Trinajstić information content (AvgIpc) is 2.45. The molecule has 0 fully saturated rings. The highest BCUT2D eigenvalue weighted by Crippen LogP contribution is 2.08. The second-order valence-corrected chi connectivity index (χ2v) is 9.67. The lowest BCUT2D eigenvalue weighted by atomic mass is 10.2. The molecule has 4 nitrogen and oxygen atoms in total. The monoisotopic (exact) mass is 294 g/mol. The van der Waals surface area contributed by atoms with E-state index < -0.39 is 14.0 Å². The number of benzene rings is 1. The summed E-state index contributed by atoms with van der Waals surface area (Å²) in [7, 11) is -0.0330. The van der Waals surface area contributed by atoms with Crippen molar-refractivity contribution in [3.05, 3.63) is 42.1 Å². The van der Waals surface area contributed by atoms with Gasteiger partial charge in [-0.05, 0) is 19.1 Å². The summed E-state index contributed by atoms with van der Waals surface area (Å²) >= 11 is 0. The van der Waals surface area contributed by atoms with E-state index in [-0.39, 0.29) is 6.10 Å². The molecule has 0 saturated carbocycles. The van der Waals surface area contributed by atoms with Gasteiger partial charge in [0, 0.05) is 7.11 Å². The second-order valence-electron chi connectivity index (χ2n) is 5.24. The largest absolute Gasteiger partial charge is 0.382 e. The Morgan fingerprint density at radius 1 is 1.35 bits per heavy atom. The molecule has 5 heteroatoms. The molecule has 1 atom stereocenters. The second kappa shape index (κ2) is 7.38. The van der Waals surface area contributed by atoms with E-state index in [0.29, 0.717) is 12.2 Å². The van der Waals surface area contributed by atoms with E-state index in [4.69, 9.17) is 14.5 Å². The molecule has 0 aliphatic heterocycles. The molecule has 0 amide bonds. The van der Waals surface area contributed by atoms with Gasteiger partial charge in [-0.1, -0.05) is 36.1 Å². The molecule has 1 aromatic carbocycles. The van der Waals surface area contributed by atoms with E-state index in [2.05, 4.69) is 19.7 Å². The summed E-state index contributed by atoms with van der Waals surface area (Å²) in [5, 5.41) is 1.22. The van der Waals surface area contributed by atoms with Gasteiger partial charge < -0.3 is 4.74 Å². The summed E-state index contributed by atoms with van der Waals surface area (Å²) in [4.78, 5) is 21.5. The number of rotatable bonds is 7. The third-order valence-electron chi connectivity index (χ3n) is 3.06. The van der Waals surface area contributed by atoms with Gasteiger partial charge in [0.25, 0.3) is 0 Å². The van der Waals surface area contributed by atoms with E-state index in [0.717, 1.165) is 0 Å². The van der Waals surface area contributed by atoms with Crippen LogP contribution in [0.4, 0.5) is 0 Å². The van der Waals surface area contributed by atoms with Crippen LogP contribution in [0.2, 0.25) is 13.1 Å². The number of carbonyl (C=O) groups excluding carboxylic acids is 1. The molecule has 1 aromatic rings. The van der Waals surface area contributed by atoms with Gasteiger partial charge in [-0.15, -0.1) is 6.58 Å². The molecule has 0 aliphatic carbocycles. The molecule has 20 heavy (non-hydrogen) atoms. The standard InChI is InChI=1S/C15H22O4Si/c1-6-20(4,5)14-9-7-13(8-10-14)15(16)19-18-12(2)11-17-3/h6-10,12H,1,11H2,2-5H3. The summed E-state index contributed by atoms with van der Waals surface area (Å²) in [6, 6.07) is 7.40. The Bertz CT molecular complexity index is 453. The molecule has 0 radical (unpaired) electrons. The first-order valence-electron chi connectivity index (χ1n) is 6.51. The molecule has 1 unspecified atom stereocenters. The van der Waals surface area contributed by atoms with Gasteiger partial charge in [0.15, 0.2) is 0 Å². The average molecular weight is 294 g/mol. The predicted octanol–water partition coefficient (Wildman–Crippen LogP) is 2.45. The fourth-order valence-corrected chi connectivity index (χ4v) is 2.85. The molecule has 0 bridgehead atoms. The van der Waals surface area contributed by atoms with Gasteiger partial charge in [0.2, 0.25) is 0 Å². The highest BCUT2D eigenvalue weighted by Gasteiger charge is 2.19. The van der Waals surface area contributed by atoms with Gasteiger partial charge in [-0.2, -0.15) is 4.89 Å². The van der Waals surface area contributed by atoms with Gasteiger partial charge >= 0.3 is 5.97 Å². The van der Waals surface area contributed by atoms with Crippen LogP contribution >= 0.6 is 0 Å². The summed E-state index contributed by atoms with van der Waals surface area (Å²) in [5.74, 6) is -0.502. The Balaban J connectivity index is 2.64. The van der Waals surface area contributed by atoms with Crippen molar-refractivity contribution in [2.24, 2.45) is 0 Å². The van der Waals surface area contributed by atoms with Gasteiger partial charge in [-0.3, -0.25) is 4.89 Å². The van der Waals surface area contributed by atoms with Crippen molar-refractivity contribution in [2.75, 3.05) is 13.7 Å². The van der Waals surface area contributed by atoms with Crippen molar-refractivity contribution in [2.45, 2.75) is 26.1 Å². The maximum Gasteiger partial charge on any atom is 0.373 e. The number of ether oxygens (including phenoxy) is 1. The Morgan fingerprint density at radius 2 is 1.95 bits per heavy atom. The van der Waals surface area contributed by atoms with Crippen LogP contribution in [0.1, 0.15) is 17.3 Å². The number of carbonyl (C=O) groups is 1. The van der Waals surface area contributed by atoms with E-state index in [1.165, 1.54) is 5.19 Å². The molecule has 0 spiro atoms. The Morgan fingerprint density at radius 3 is 2.45 bits per heavy atom. The highest BCUT2D eigenvalue weighted by atomic mass is 28.3. The van der Waals surface area contributed by atoms with Gasteiger partial charge in [0.1, 0.15) is 14.2 Å². The quantitative estimate of drug-likeness (QED) is 0.440. The molecule has 0 aliphatic rings. The van der Waals surface area contributed by atoms with Crippen LogP contribution in [-0.2, 0) is 14.5 Å². The first kappa shape index (κ1) is 16.6. The van der Waals surface area contributed by atoms with E-state index in [9.17, 15) is 4.79 Å². The summed E-state index contributed by atoms with van der Waals surface area (Å²) in [5.41, 5.74) is 2.47. The van der Waals surface area contributed by atoms with Crippen LogP contribution in [-0.4, -0.2) is 33.9 Å². The number of methoxy groups -OCH3 is 1. The Labute approximate surface area is 121 Å². The van der Waals surface area contributed by atoms with Gasteiger partial charge in [-0.25, -0.2) is 4.79 Å². The molecule has 110 valence electrons. The fraction of sp³-hybridized carbons (Fsp3) is 0.400. The third kappa shape index (κ3) is 4.59. The summed E-state index contributed by atoms with van der Waals surface area (Å²) in [6.45, 7) is 10.4. The lowest BCUT2D eigenvalue weighted by Gasteiger charge is -2.17. The zero-order valence-electron chi connectivity index (χ0n) is 12.5. The molecule has 0 heterocycles. The number of hydrogen-bond donors (Lipinski definition) is 0. The fourth-order valence-electron chi connectivity index (χ4n) is 1.59. The van der Waals surface area contributed by atoms with E-state index in [1.807, 2.05) is 17.8 Å². The SMILES string of the molecule is C=C[Si](C)(C)c1ccc(C(=O)OOC(C)COC)cc1. The molecular formula is C15H22O4Si. The zero-order chi connectivity index (χ0) is 15.2. The predicted molar refractivity (Wildman–Crippen MR) is 81.6 cm³/mol. The molecule has 0 saturated heterocycles. The van der Waals surface area contributed by atoms with Crippen LogP contribution in [0.5, 0.6) is 0 Å². The van der Waals surface area contributed by atoms with E-state index in [1.54, 1.807) is 26.2 Å². The normalized spacial score (nSPS) is 12.8.